The number of pyridine rings is 2. The van der Waals surface area contributed by atoms with E-state index in [0.29, 0.717) is 12.1 Å². The highest BCUT2D eigenvalue weighted by Crippen LogP contribution is 2.33. The summed E-state index contributed by atoms with van der Waals surface area (Å²) in [6.45, 7) is 8.09. The molecule has 0 aliphatic heterocycles. The first kappa shape index (κ1) is 23.6. The number of nitrogens with one attached hydrogen (secondary N) is 3. The fourth-order valence-corrected chi connectivity index (χ4v) is 4.67. The Labute approximate surface area is 219 Å². The van der Waals surface area contributed by atoms with Crippen molar-refractivity contribution in [3.8, 4) is 28.2 Å². The van der Waals surface area contributed by atoms with Crippen LogP contribution in [-0.2, 0) is 4.79 Å². The highest BCUT2D eigenvalue weighted by atomic mass is 16.1. The number of aryl methyl sites for hydroxylation is 1. The van der Waals surface area contributed by atoms with Crippen molar-refractivity contribution in [2.45, 2.75) is 34.1 Å². The van der Waals surface area contributed by atoms with E-state index in [1.54, 1.807) is 18.7 Å². The fraction of sp³-hybridized carbons (Fsp3) is 0.207. The molecule has 0 saturated heterocycles. The molecule has 0 aliphatic carbocycles. The van der Waals surface area contributed by atoms with Crippen molar-refractivity contribution >= 4 is 33.4 Å². The molecule has 0 aliphatic rings. The molecule has 0 fully saturated rings. The minimum Gasteiger partial charge on any atom is -0.352 e. The highest BCUT2D eigenvalue weighted by Gasteiger charge is 2.17. The molecule has 6 rings (SSSR count). The van der Waals surface area contributed by atoms with E-state index in [-0.39, 0.29) is 11.3 Å². The summed E-state index contributed by atoms with van der Waals surface area (Å²) >= 11 is 0. The maximum absolute atomic E-state index is 12.4. The van der Waals surface area contributed by atoms with E-state index < -0.39 is 0 Å². The number of hydrogen-bond acceptors (Lipinski definition) is 5. The third-order valence-electron chi connectivity index (χ3n) is 6.38. The number of aromatic amines is 2. The van der Waals surface area contributed by atoms with Gasteiger partial charge >= 0.3 is 0 Å². The highest BCUT2D eigenvalue weighted by molar-refractivity contribution is 5.99. The molecule has 0 atom stereocenters. The third kappa shape index (κ3) is 4.54. The van der Waals surface area contributed by atoms with Crippen LogP contribution in [0.25, 0.3) is 50.0 Å². The lowest BCUT2D eigenvalue weighted by molar-refractivity contribution is -0.117. The van der Waals surface area contributed by atoms with Crippen molar-refractivity contribution in [3.63, 3.8) is 0 Å². The second-order valence-electron chi connectivity index (χ2n) is 10.8. The lowest BCUT2D eigenvalue weighted by atomic mass is 9.92. The topological polar surface area (TPSA) is 117 Å². The smallest absolute Gasteiger partial charge is 0.224 e. The molecule has 0 saturated carbocycles. The van der Waals surface area contributed by atoms with Crippen LogP contribution >= 0.6 is 0 Å². The van der Waals surface area contributed by atoms with Crippen LogP contribution in [0.2, 0.25) is 0 Å². The summed E-state index contributed by atoms with van der Waals surface area (Å²) in [5.41, 5.74) is 7.90. The molecule has 5 aromatic heterocycles. The molecule has 38 heavy (non-hydrogen) atoms. The summed E-state index contributed by atoms with van der Waals surface area (Å²) in [6, 6.07) is 10.2. The average molecular weight is 505 g/mol. The number of carbonyl (C=O) groups is 1. The molecule has 0 bridgehead atoms. The molecule has 0 unspecified atom stereocenters. The van der Waals surface area contributed by atoms with Gasteiger partial charge in [-0.15, -0.1) is 0 Å². The van der Waals surface area contributed by atoms with Crippen molar-refractivity contribution in [2.75, 3.05) is 5.32 Å². The van der Waals surface area contributed by atoms with Crippen LogP contribution in [0.15, 0.2) is 67.6 Å². The number of imidazole rings is 1. The number of anilines is 1. The van der Waals surface area contributed by atoms with Crippen LogP contribution in [0.3, 0.4) is 0 Å². The number of nitrogens with zero attached hydrogens (tertiary/aromatic N) is 5. The van der Waals surface area contributed by atoms with Gasteiger partial charge in [0, 0.05) is 35.2 Å². The van der Waals surface area contributed by atoms with Gasteiger partial charge in [0.25, 0.3) is 0 Å². The molecule has 1 aromatic carbocycles. The molecule has 1 amide bonds. The minimum absolute atomic E-state index is 0.0254. The number of carbonyl (C=O) groups excluding carboxylic acids is 1. The van der Waals surface area contributed by atoms with Gasteiger partial charge in [-0.3, -0.25) is 19.9 Å². The van der Waals surface area contributed by atoms with Gasteiger partial charge in [-0.2, -0.15) is 5.10 Å². The molecular weight excluding hydrogens is 476 g/mol. The first-order valence-electron chi connectivity index (χ1n) is 12.4. The van der Waals surface area contributed by atoms with Crippen molar-refractivity contribution in [1.29, 1.82) is 0 Å². The predicted molar refractivity (Wildman–Crippen MR) is 149 cm³/mol. The maximum Gasteiger partial charge on any atom is 0.224 e. The number of fused-ring (bicyclic) bond motifs is 2. The Morgan fingerprint density at radius 1 is 0.974 bits per heavy atom. The van der Waals surface area contributed by atoms with E-state index in [9.17, 15) is 4.79 Å². The molecule has 190 valence electrons. The lowest BCUT2D eigenvalue weighted by Gasteiger charge is -2.17. The molecular formula is C29H28N8O. The van der Waals surface area contributed by atoms with Crippen LogP contribution in [0.5, 0.6) is 0 Å². The van der Waals surface area contributed by atoms with Gasteiger partial charge in [0.05, 0.1) is 58.7 Å². The Kier molecular flexibility index (Phi) is 5.56. The van der Waals surface area contributed by atoms with Crippen molar-refractivity contribution in [3.05, 3.63) is 73.3 Å². The van der Waals surface area contributed by atoms with Gasteiger partial charge < -0.3 is 14.9 Å². The van der Waals surface area contributed by atoms with E-state index >= 15 is 0 Å². The predicted octanol–water partition coefficient (Wildman–Crippen LogP) is 6.04. The third-order valence-corrected chi connectivity index (χ3v) is 6.38. The largest absolute Gasteiger partial charge is 0.352 e. The van der Waals surface area contributed by atoms with Gasteiger partial charge in [0.15, 0.2) is 0 Å². The van der Waals surface area contributed by atoms with E-state index in [1.165, 1.54) is 0 Å². The van der Waals surface area contributed by atoms with E-state index in [0.717, 1.165) is 55.7 Å². The summed E-state index contributed by atoms with van der Waals surface area (Å²) < 4.78 is 1.98. The SMILES string of the molecule is Cc1cn(-c2cncc3[nH]c(-c4n[nH]c5ccc(-c6cncc(NC(=O)CC(C)(C)C)c6)cc45)cc23)cn1. The van der Waals surface area contributed by atoms with E-state index in [4.69, 9.17) is 0 Å². The molecule has 5 heterocycles. The summed E-state index contributed by atoms with van der Waals surface area (Å²) in [4.78, 5) is 29.1. The van der Waals surface area contributed by atoms with Crippen LogP contribution in [0.1, 0.15) is 32.9 Å². The van der Waals surface area contributed by atoms with E-state index in [1.807, 2.05) is 69.1 Å². The minimum atomic E-state index is -0.0883. The normalized spacial score (nSPS) is 11.9. The van der Waals surface area contributed by atoms with Crippen molar-refractivity contribution in [1.82, 2.24) is 34.7 Å². The molecule has 6 aromatic rings. The number of hydrogen-bond donors (Lipinski definition) is 3. The Balaban J connectivity index is 1.36. The average Bonchev–Trinajstić information content (AvgIpc) is 3.60. The molecule has 9 heteroatoms. The second kappa shape index (κ2) is 8.95. The number of benzene rings is 1. The molecule has 9 nitrogen and oxygen atoms in total. The Bertz CT molecular complexity index is 1800. The monoisotopic (exact) mass is 504 g/mol. The zero-order chi connectivity index (χ0) is 26.4. The lowest BCUT2D eigenvalue weighted by Crippen LogP contribution is -2.19. The zero-order valence-electron chi connectivity index (χ0n) is 21.7. The molecule has 3 N–H and O–H groups in total. The maximum atomic E-state index is 12.4. The van der Waals surface area contributed by atoms with Gasteiger partial charge in [-0.25, -0.2) is 4.98 Å². The first-order valence-corrected chi connectivity index (χ1v) is 12.4. The van der Waals surface area contributed by atoms with Gasteiger partial charge in [0.1, 0.15) is 5.69 Å². The second-order valence-corrected chi connectivity index (χ2v) is 10.8. The summed E-state index contributed by atoms with van der Waals surface area (Å²) in [7, 11) is 0. The summed E-state index contributed by atoms with van der Waals surface area (Å²) in [5, 5.41) is 12.8. The van der Waals surface area contributed by atoms with Crippen LogP contribution in [0, 0.1) is 12.3 Å². The quantitative estimate of drug-likeness (QED) is 0.265. The fourth-order valence-electron chi connectivity index (χ4n) is 4.67. The van der Waals surface area contributed by atoms with Crippen molar-refractivity contribution < 1.29 is 4.79 Å². The van der Waals surface area contributed by atoms with Gasteiger partial charge in [-0.1, -0.05) is 26.8 Å². The molecule has 0 radical (unpaired) electrons. The van der Waals surface area contributed by atoms with E-state index in [2.05, 4.69) is 47.6 Å². The summed E-state index contributed by atoms with van der Waals surface area (Å²) in [5.74, 6) is -0.0254. The number of H-pyrrole nitrogens is 2. The van der Waals surface area contributed by atoms with Crippen LogP contribution < -0.4 is 5.32 Å². The van der Waals surface area contributed by atoms with Crippen LogP contribution in [-0.4, -0.2) is 40.6 Å². The Hall–Kier alpha value is -4.79. The Morgan fingerprint density at radius 3 is 2.61 bits per heavy atom. The van der Waals surface area contributed by atoms with Crippen LogP contribution in [0.4, 0.5) is 5.69 Å². The number of amides is 1. The Morgan fingerprint density at radius 2 is 1.82 bits per heavy atom. The zero-order valence-corrected chi connectivity index (χ0v) is 21.7. The van der Waals surface area contributed by atoms with Crippen molar-refractivity contribution in [2.24, 2.45) is 5.41 Å². The standard InChI is InChI=1S/C29H28N8O/c1-17-15-37(16-32-17)26-14-31-13-25-21(26)9-24(34-25)28-22-8-18(5-6-23(22)35-36-28)19-7-20(12-30-11-19)33-27(38)10-29(2,3)4/h5-9,11-16,34H,10H2,1-4H3,(H,33,38)(H,35,36). The van der Waals surface area contributed by atoms with Gasteiger partial charge in [0.2, 0.25) is 5.91 Å². The number of aromatic nitrogens is 7. The van der Waals surface area contributed by atoms with Gasteiger partial charge in [-0.05, 0) is 42.2 Å². The molecule has 0 spiro atoms. The first-order chi connectivity index (χ1) is 18.2. The summed E-state index contributed by atoms with van der Waals surface area (Å²) in [6.07, 6.45) is 11.3. The number of rotatable bonds is 5.